The van der Waals surface area contributed by atoms with E-state index >= 15 is 0 Å². The number of aryl methyl sites for hydroxylation is 1. The first-order valence-corrected chi connectivity index (χ1v) is 16.3. The molecule has 3 heterocycles. The molecule has 0 saturated carbocycles. The predicted molar refractivity (Wildman–Crippen MR) is 196 cm³/mol. The number of nitrogens with zero attached hydrogens (tertiary/aromatic N) is 3. The molecule has 0 aliphatic heterocycles. The minimum atomic E-state index is 0.680. The summed E-state index contributed by atoms with van der Waals surface area (Å²) in [6.07, 6.45) is 0.991. The molecule has 230 valence electrons. The van der Waals surface area contributed by atoms with Crippen LogP contribution in [-0.4, -0.2) is 21.6 Å². The second-order valence-electron chi connectivity index (χ2n) is 12.1. The molecule has 6 aromatic carbocycles. The van der Waals surface area contributed by atoms with Crippen LogP contribution in [0.4, 0.5) is 0 Å². The molecule has 0 fully saturated rings. The van der Waals surface area contributed by atoms with Gasteiger partial charge in [-0.15, -0.1) is 0 Å². The highest BCUT2D eigenvalue weighted by atomic mass is 16.5. The Hall–Kier alpha value is -6.20. The minimum absolute atomic E-state index is 0.680. The highest BCUT2D eigenvalue weighted by Gasteiger charge is 2.19. The van der Waals surface area contributed by atoms with Gasteiger partial charge in [0.05, 0.1) is 40.6 Å². The van der Waals surface area contributed by atoms with Gasteiger partial charge in [-0.2, -0.15) is 0 Å². The van der Waals surface area contributed by atoms with E-state index in [1.165, 1.54) is 10.9 Å². The minimum Gasteiger partial charge on any atom is -0.497 e. The summed E-state index contributed by atoms with van der Waals surface area (Å²) in [5, 5.41) is 4.52. The van der Waals surface area contributed by atoms with Crippen molar-refractivity contribution in [3.63, 3.8) is 0 Å². The highest BCUT2D eigenvalue weighted by molar-refractivity contribution is 6.14. The van der Waals surface area contributed by atoms with Crippen LogP contribution in [-0.2, 0) is 6.42 Å². The van der Waals surface area contributed by atoms with E-state index in [-0.39, 0.29) is 0 Å². The number of methoxy groups -OCH3 is 1. The van der Waals surface area contributed by atoms with Gasteiger partial charge in [0, 0.05) is 32.8 Å². The average Bonchev–Trinajstić information content (AvgIpc) is 3.70. The van der Waals surface area contributed by atoms with Crippen LogP contribution in [0.5, 0.6) is 5.75 Å². The van der Waals surface area contributed by atoms with Crippen molar-refractivity contribution >= 4 is 43.7 Å². The van der Waals surface area contributed by atoms with Crippen molar-refractivity contribution in [1.82, 2.24) is 14.5 Å². The summed E-state index contributed by atoms with van der Waals surface area (Å²) in [5.74, 6) is 1.49. The highest BCUT2D eigenvalue weighted by Crippen LogP contribution is 2.40. The normalized spacial score (nSPS) is 11.6. The topological polar surface area (TPSA) is 53.1 Å². The lowest BCUT2D eigenvalue weighted by molar-refractivity contribution is 0.415. The van der Waals surface area contributed by atoms with E-state index in [4.69, 9.17) is 19.1 Å². The van der Waals surface area contributed by atoms with Gasteiger partial charge in [-0.3, -0.25) is 0 Å². The smallest absolute Gasteiger partial charge is 0.160 e. The Kier molecular flexibility index (Phi) is 6.57. The number of rotatable bonds is 6. The summed E-state index contributed by atoms with van der Waals surface area (Å²) in [6.45, 7) is 2.17. The molecule has 0 N–H and O–H groups in total. The maximum absolute atomic E-state index is 6.28. The maximum Gasteiger partial charge on any atom is 0.160 e. The SMILES string of the molecule is CCc1ccc(-c2cc(-c3ccc(OC)cc3)nc(-c3ccc4c(c3)c3ccccc3n4-c3cccc4oc5ccccc5c34)n2)cc1. The van der Waals surface area contributed by atoms with Crippen LogP contribution in [0.3, 0.4) is 0 Å². The van der Waals surface area contributed by atoms with Crippen LogP contribution >= 0.6 is 0 Å². The third-order valence-electron chi connectivity index (χ3n) is 9.32. The number of fused-ring (bicyclic) bond motifs is 6. The summed E-state index contributed by atoms with van der Waals surface area (Å²) in [7, 11) is 1.68. The van der Waals surface area contributed by atoms with Gasteiger partial charge in [0.2, 0.25) is 0 Å². The Morgan fingerprint density at radius 2 is 1.23 bits per heavy atom. The number of para-hydroxylation sites is 2. The fourth-order valence-corrected chi connectivity index (χ4v) is 6.86. The van der Waals surface area contributed by atoms with E-state index in [2.05, 4.69) is 109 Å². The molecule has 5 nitrogen and oxygen atoms in total. The number of ether oxygens (including phenoxy) is 1. The molecule has 0 aliphatic rings. The number of hydrogen-bond acceptors (Lipinski definition) is 4. The van der Waals surface area contributed by atoms with Gasteiger partial charge in [-0.05, 0) is 84.8 Å². The van der Waals surface area contributed by atoms with Crippen molar-refractivity contribution in [2.45, 2.75) is 13.3 Å². The monoisotopic (exact) mass is 621 g/mol. The first-order chi connectivity index (χ1) is 23.7. The number of benzene rings is 6. The molecule has 0 unspecified atom stereocenters. The Bertz CT molecular complexity index is 2560. The number of furan rings is 1. The fourth-order valence-electron chi connectivity index (χ4n) is 6.86. The molecule has 0 atom stereocenters. The molecule has 9 aromatic rings. The van der Waals surface area contributed by atoms with Gasteiger partial charge >= 0.3 is 0 Å². The summed E-state index contributed by atoms with van der Waals surface area (Å²) >= 11 is 0. The van der Waals surface area contributed by atoms with Crippen LogP contribution in [0, 0.1) is 0 Å². The second-order valence-corrected chi connectivity index (χ2v) is 12.1. The molecule has 3 aromatic heterocycles. The van der Waals surface area contributed by atoms with E-state index in [1.807, 2.05) is 42.5 Å². The van der Waals surface area contributed by atoms with Crippen LogP contribution in [0.25, 0.3) is 83.3 Å². The molecule has 48 heavy (non-hydrogen) atoms. The first kappa shape index (κ1) is 28.1. The van der Waals surface area contributed by atoms with Crippen LogP contribution < -0.4 is 4.74 Å². The van der Waals surface area contributed by atoms with E-state index in [0.717, 1.165) is 84.3 Å². The standard InChI is InChI=1S/C43H31N3O2/c1-3-27-15-17-28(18-16-27)35-26-36(29-19-22-31(47-2)23-20-29)45-43(44-35)30-21-24-38-34(25-30)32-9-4-6-11-37(32)46(38)39-12-8-14-41-42(39)33-10-5-7-13-40(33)48-41/h4-26H,3H2,1-2H3. The zero-order valence-electron chi connectivity index (χ0n) is 26.6. The maximum atomic E-state index is 6.28. The van der Waals surface area contributed by atoms with Gasteiger partial charge in [0.15, 0.2) is 5.82 Å². The van der Waals surface area contributed by atoms with E-state index in [0.29, 0.717) is 5.82 Å². The number of aromatic nitrogens is 3. The number of hydrogen-bond donors (Lipinski definition) is 0. The lowest BCUT2D eigenvalue weighted by Crippen LogP contribution is -1.97. The molecule has 0 amide bonds. The Labute approximate surface area is 277 Å². The summed E-state index contributed by atoms with van der Waals surface area (Å²) < 4.78 is 14.1. The summed E-state index contributed by atoms with van der Waals surface area (Å²) in [6, 6.07) is 48.5. The molecule has 0 radical (unpaired) electrons. The van der Waals surface area contributed by atoms with Gasteiger partial charge in [0.1, 0.15) is 16.9 Å². The molecule has 0 saturated heterocycles. The molecular weight excluding hydrogens is 590 g/mol. The Balaban J connectivity index is 1.26. The van der Waals surface area contributed by atoms with E-state index in [1.54, 1.807) is 7.11 Å². The van der Waals surface area contributed by atoms with Crippen LogP contribution in [0.2, 0.25) is 0 Å². The van der Waals surface area contributed by atoms with E-state index in [9.17, 15) is 0 Å². The van der Waals surface area contributed by atoms with Crippen molar-refractivity contribution in [2.75, 3.05) is 7.11 Å². The van der Waals surface area contributed by atoms with Gasteiger partial charge < -0.3 is 13.7 Å². The average molecular weight is 622 g/mol. The third kappa shape index (κ3) is 4.55. The molecule has 0 aliphatic carbocycles. The van der Waals surface area contributed by atoms with Crippen molar-refractivity contribution in [1.29, 1.82) is 0 Å². The molecule has 9 rings (SSSR count). The largest absolute Gasteiger partial charge is 0.497 e. The molecule has 0 spiro atoms. The summed E-state index contributed by atoms with van der Waals surface area (Å²) in [5.41, 5.74) is 11.2. The van der Waals surface area contributed by atoms with Crippen molar-refractivity contribution in [3.05, 3.63) is 145 Å². The van der Waals surface area contributed by atoms with Crippen molar-refractivity contribution in [3.8, 4) is 45.3 Å². The first-order valence-electron chi connectivity index (χ1n) is 16.3. The van der Waals surface area contributed by atoms with Crippen LogP contribution in [0.15, 0.2) is 144 Å². The molecule has 5 heteroatoms. The quantitative estimate of drug-likeness (QED) is 0.185. The zero-order chi connectivity index (χ0) is 32.2. The second kappa shape index (κ2) is 11.2. The Morgan fingerprint density at radius 1 is 0.583 bits per heavy atom. The molecule has 0 bridgehead atoms. The molecular formula is C43H31N3O2. The zero-order valence-corrected chi connectivity index (χ0v) is 26.6. The van der Waals surface area contributed by atoms with Gasteiger partial charge in [-0.1, -0.05) is 73.7 Å². The predicted octanol–water partition coefficient (Wildman–Crippen LogP) is 11.0. The van der Waals surface area contributed by atoms with Crippen LogP contribution in [0.1, 0.15) is 12.5 Å². The summed E-state index contributed by atoms with van der Waals surface area (Å²) in [4.78, 5) is 10.3. The van der Waals surface area contributed by atoms with Crippen molar-refractivity contribution < 1.29 is 9.15 Å². The third-order valence-corrected chi connectivity index (χ3v) is 9.32. The lowest BCUT2D eigenvalue weighted by atomic mass is 10.0. The van der Waals surface area contributed by atoms with Crippen molar-refractivity contribution in [2.24, 2.45) is 0 Å². The fraction of sp³-hybridized carbons (Fsp3) is 0.0698. The lowest BCUT2D eigenvalue weighted by Gasteiger charge is -2.11. The Morgan fingerprint density at radius 3 is 1.98 bits per heavy atom. The van der Waals surface area contributed by atoms with E-state index < -0.39 is 0 Å². The van der Waals surface area contributed by atoms with Gasteiger partial charge in [0.25, 0.3) is 0 Å². The van der Waals surface area contributed by atoms with Gasteiger partial charge in [-0.25, -0.2) is 9.97 Å².